The molecule has 1 heterocycles. The summed E-state index contributed by atoms with van der Waals surface area (Å²) in [6.07, 6.45) is 1.54. The number of rotatable bonds is 7. The summed E-state index contributed by atoms with van der Waals surface area (Å²) in [5.74, 6) is 1.30. The third kappa shape index (κ3) is 4.40. The molecule has 7 nitrogen and oxygen atoms in total. The number of imidazole rings is 1. The van der Waals surface area contributed by atoms with Crippen molar-refractivity contribution in [3.05, 3.63) is 48.0 Å². The molecular weight excluding hydrogens is 364 g/mol. The van der Waals surface area contributed by atoms with Crippen LogP contribution >= 0.6 is 11.8 Å². The van der Waals surface area contributed by atoms with Gasteiger partial charge in [0.05, 0.1) is 37.2 Å². The number of carbonyl (C=O) groups excluding carboxylic acids is 1. The van der Waals surface area contributed by atoms with Crippen LogP contribution < -0.4 is 14.9 Å². The first kappa shape index (κ1) is 18.8. The third-order valence-electron chi connectivity index (χ3n) is 3.91. The number of aryl methyl sites for hydroxylation is 1. The lowest BCUT2D eigenvalue weighted by atomic mass is 10.2. The molecule has 0 spiro atoms. The first-order valence-corrected chi connectivity index (χ1v) is 9.19. The first-order valence-electron chi connectivity index (χ1n) is 8.20. The number of nitrogens with one attached hydrogen (secondary N) is 1. The van der Waals surface area contributed by atoms with Crippen LogP contribution in [0.2, 0.25) is 0 Å². The van der Waals surface area contributed by atoms with Gasteiger partial charge in [0.15, 0.2) is 5.16 Å². The van der Waals surface area contributed by atoms with Crippen molar-refractivity contribution >= 4 is 34.9 Å². The maximum atomic E-state index is 12.1. The molecule has 0 aliphatic heterocycles. The van der Waals surface area contributed by atoms with E-state index in [1.54, 1.807) is 26.4 Å². The summed E-state index contributed by atoms with van der Waals surface area (Å²) < 4.78 is 12.4. The fourth-order valence-electron chi connectivity index (χ4n) is 2.51. The van der Waals surface area contributed by atoms with Crippen molar-refractivity contribution in [3.8, 4) is 11.5 Å². The fourth-order valence-corrected chi connectivity index (χ4v) is 3.29. The third-order valence-corrected chi connectivity index (χ3v) is 4.94. The molecule has 0 fully saturated rings. The van der Waals surface area contributed by atoms with E-state index in [2.05, 4.69) is 15.5 Å². The highest BCUT2D eigenvalue weighted by molar-refractivity contribution is 7.99. The Bertz CT molecular complexity index is 984. The summed E-state index contributed by atoms with van der Waals surface area (Å²) >= 11 is 1.36. The van der Waals surface area contributed by atoms with Gasteiger partial charge in [0.2, 0.25) is 0 Å². The molecule has 0 aliphatic rings. The van der Waals surface area contributed by atoms with Crippen LogP contribution in [0.5, 0.6) is 11.5 Å². The summed E-state index contributed by atoms with van der Waals surface area (Å²) in [5.41, 5.74) is 5.20. The number of amides is 1. The van der Waals surface area contributed by atoms with Gasteiger partial charge in [0.1, 0.15) is 11.5 Å². The monoisotopic (exact) mass is 384 g/mol. The van der Waals surface area contributed by atoms with Crippen molar-refractivity contribution in [1.82, 2.24) is 15.0 Å². The highest BCUT2D eigenvalue weighted by Crippen LogP contribution is 2.23. The van der Waals surface area contributed by atoms with Crippen LogP contribution in [0.15, 0.2) is 52.7 Å². The number of para-hydroxylation sites is 2. The van der Waals surface area contributed by atoms with E-state index in [4.69, 9.17) is 9.47 Å². The quantitative estimate of drug-likeness (QED) is 0.385. The molecule has 140 valence electrons. The van der Waals surface area contributed by atoms with Gasteiger partial charge in [0.25, 0.3) is 5.91 Å². The smallest absolute Gasteiger partial charge is 0.250 e. The van der Waals surface area contributed by atoms with Crippen molar-refractivity contribution in [2.24, 2.45) is 12.1 Å². The Morgan fingerprint density at radius 2 is 2.07 bits per heavy atom. The normalized spacial score (nSPS) is 11.1. The number of hydrazone groups is 1. The minimum Gasteiger partial charge on any atom is -0.497 e. The summed E-state index contributed by atoms with van der Waals surface area (Å²) in [4.78, 5) is 16.6. The van der Waals surface area contributed by atoms with Gasteiger partial charge in [-0.15, -0.1) is 0 Å². The van der Waals surface area contributed by atoms with E-state index in [1.165, 1.54) is 18.0 Å². The van der Waals surface area contributed by atoms with Crippen molar-refractivity contribution < 1.29 is 14.3 Å². The number of benzene rings is 2. The maximum Gasteiger partial charge on any atom is 0.250 e. The van der Waals surface area contributed by atoms with Crippen molar-refractivity contribution in [2.75, 3.05) is 20.0 Å². The maximum absolute atomic E-state index is 12.1. The molecule has 3 aromatic rings. The SMILES string of the molecule is COc1ccc(/C=N/NC(=O)CSc2nc3ccccc3n2C)c(OC)c1. The van der Waals surface area contributed by atoms with Crippen LogP contribution in [0.25, 0.3) is 11.0 Å². The molecule has 0 unspecified atom stereocenters. The lowest BCUT2D eigenvalue weighted by Crippen LogP contribution is -2.20. The van der Waals surface area contributed by atoms with E-state index in [0.29, 0.717) is 11.5 Å². The second kappa shape index (κ2) is 8.59. The first-order chi connectivity index (χ1) is 13.1. The Labute approximate surface area is 161 Å². The van der Waals surface area contributed by atoms with E-state index < -0.39 is 0 Å². The van der Waals surface area contributed by atoms with E-state index >= 15 is 0 Å². The van der Waals surface area contributed by atoms with Gasteiger partial charge in [-0.25, -0.2) is 10.4 Å². The highest BCUT2D eigenvalue weighted by Gasteiger charge is 2.10. The number of fused-ring (bicyclic) bond motifs is 1. The molecule has 27 heavy (non-hydrogen) atoms. The van der Waals surface area contributed by atoms with Crippen LogP contribution in [0.3, 0.4) is 0 Å². The summed E-state index contributed by atoms with van der Waals surface area (Å²) in [6, 6.07) is 13.2. The molecule has 3 rings (SSSR count). The standard InChI is InChI=1S/C19H20N4O3S/c1-23-16-7-5-4-6-15(16)21-19(23)27-12-18(24)22-20-11-13-8-9-14(25-2)10-17(13)26-3/h4-11H,12H2,1-3H3,(H,22,24)/b20-11+. The number of aromatic nitrogens is 2. The molecule has 2 aromatic carbocycles. The molecule has 1 amide bonds. The van der Waals surface area contributed by atoms with Crippen molar-refractivity contribution in [3.63, 3.8) is 0 Å². The predicted octanol–water partition coefficient (Wildman–Crippen LogP) is 2.83. The number of ether oxygens (including phenoxy) is 2. The molecule has 0 aliphatic carbocycles. The molecule has 0 atom stereocenters. The number of hydrogen-bond acceptors (Lipinski definition) is 6. The molecule has 0 saturated carbocycles. The minimum absolute atomic E-state index is 0.212. The predicted molar refractivity (Wildman–Crippen MR) is 107 cm³/mol. The van der Waals surface area contributed by atoms with Crippen LogP contribution in [0.1, 0.15) is 5.56 Å². The zero-order valence-corrected chi connectivity index (χ0v) is 16.1. The Kier molecular flexibility index (Phi) is 5.97. The Morgan fingerprint density at radius 1 is 1.26 bits per heavy atom. The zero-order valence-electron chi connectivity index (χ0n) is 15.3. The van der Waals surface area contributed by atoms with Crippen LogP contribution in [-0.4, -0.2) is 41.6 Å². The van der Waals surface area contributed by atoms with Gasteiger partial charge in [-0.2, -0.15) is 5.10 Å². The van der Waals surface area contributed by atoms with Gasteiger partial charge in [-0.3, -0.25) is 4.79 Å². The van der Waals surface area contributed by atoms with E-state index in [-0.39, 0.29) is 11.7 Å². The lowest BCUT2D eigenvalue weighted by molar-refractivity contribution is -0.118. The molecular formula is C19H20N4O3S. The van der Waals surface area contributed by atoms with Crippen molar-refractivity contribution in [1.29, 1.82) is 0 Å². The van der Waals surface area contributed by atoms with E-state index in [1.807, 2.05) is 41.9 Å². The molecule has 0 bridgehead atoms. The summed E-state index contributed by atoms with van der Waals surface area (Å²) in [6.45, 7) is 0. The summed E-state index contributed by atoms with van der Waals surface area (Å²) in [5, 5.41) is 4.78. The van der Waals surface area contributed by atoms with Crippen LogP contribution in [0.4, 0.5) is 0 Å². The highest BCUT2D eigenvalue weighted by atomic mass is 32.2. The number of nitrogens with zero attached hydrogens (tertiary/aromatic N) is 3. The average molecular weight is 384 g/mol. The number of carbonyl (C=O) groups is 1. The second-order valence-electron chi connectivity index (χ2n) is 5.63. The lowest BCUT2D eigenvalue weighted by Gasteiger charge is -2.07. The number of hydrogen-bond donors (Lipinski definition) is 1. The fraction of sp³-hybridized carbons (Fsp3) is 0.211. The van der Waals surface area contributed by atoms with Crippen molar-refractivity contribution in [2.45, 2.75) is 5.16 Å². The summed E-state index contributed by atoms with van der Waals surface area (Å²) in [7, 11) is 5.09. The van der Waals surface area contributed by atoms with Crippen LogP contribution in [0, 0.1) is 0 Å². The number of methoxy groups -OCH3 is 2. The average Bonchev–Trinajstić information content (AvgIpc) is 3.02. The number of thioether (sulfide) groups is 1. The molecule has 0 saturated heterocycles. The Morgan fingerprint density at radius 3 is 2.81 bits per heavy atom. The van der Waals surface area contributed by atoms with E-state index in [9.17, 15) is 4.79 Å². The second-order valence-corrected chi connectivity index (χ2v) is 6.57. The molecule has 1 N–H and O–H groups in total. The molecule has 1 aromatic heterocycles. The largest absolute Gasteiger partial charge is 0.497 e. The molecule has 0 radical (unpaired) electrons. The van der Waals surface area contributed by atoms with Gasteiger partial charge in [0, 0.05) is 18.7 Å². The van der Waals surface area contributed by atoms with Gasteiger partial charge < -0.3 is 14.0 Å². The van der Waals surface area contributed by atoms with Gasteiger partial charge in [-0.05, 0) is 24.3 Å². The van der Waals surface area contributed by atoms with Gasteiger partial charge >= 0.3 is 0 Å². The van der Waals surface area contributed by atoms with Crippen LogP contribution in [-0.2, 0) is 11.8 Å². The van der Waals surface area contributed by atoms with E-state index in [0.717, 1.165) is 21.8 Å². The van der Waals surface area contributed by atoms with Gasteiger partial charge in [-0.1, -0.05) is 23.9 Å². The minimum atomic E-state index is -0.212. The zero-order chi connectivity index (χ0) is 19.2. The Balaban J connectivity index is 1.58. The Hall–Kier alpha value is -3.00. The molecule has 8 heteroatoms. The topological polar surface area (TPSA) is 77.7 Å².